The number of imidazole rings is 1. The van der Waals surface area contributed by atoms with E-state index in [1.807, 2.05) is 0 Å². The largest absolute Gasteiger partial charge is 0.364 e. The molecule has 0 spiro atoms. The molecule has 0 aliphatic heterocycles. The van der Waals surface area contributed by atoms with Crippen LogP contribution < -0.4 is 11.1 Å². The minimum Gasteiger partial charge on any atom is -0.364 e. The summed E-state index contributed by atoms with van der Waals surface area (Å²) >= 11 is 3.07. The van der Waals surface area contributed by atoms with E-state index in [-0.39, 0.29) is 55.2 Å². The number of carbonyl (C=O) groups excluding carboxylic acids is 2. The molecule has 0 radical (unpaired) electrons. The number of halogens is 1. The van der Waals surface area contributed by atoms with Crippen LogP contribution in [0.2, 0.25) is 0 Å². The smallest absolute Gasteiger partial charge is 0.269 e. The number of anilines is 1. The Hall–Kier alpha value is -0.890. The molecule has 2 aromatic rings. The molecule has 1 heterocycles. The molecular weight excluding hydrogens is 340 g/mol. The summed E-state index contributed by atoms with van der Waals surface area (Å²) in [5.74, 6) is -0.961. The third kappa shape index (κ3) is 4.04. The van der Waals surface area contributed by atoms with E-state index >= 15 is 0 Å². The number of amides is 2. The van der Waals surface area contributed by atoms with Gasteiger partial charge in [-0.1, -0.05) is 18.2 Å². The number of carbonyl (C=O) groups is 2. The van der Waals surface area contributed by atoms with Crippen molar-refractivity contribution in [1.82, 2.24) is 9.97 Å². The van der Waals surface area contributed by atoms with Crippen molar-refractivity contribution in [1.29, 1.82) is 0 Å². The fourth-order valence-electron chi connectivity index (χ4n) is 1.38. The number of nitrogens with one attached hydrogen (secondary N) is 2. The fraction of sp³-hybridized carbons (Fsp3) is 0. The molecule has 6 nitrogen and oxygen atoms in total. The third-order valence-corrected chi connectivity index (χ3v) is 2.56. The van der Waals surface area contributed by atoms with Crippen LogP contribution in [-0.4, -0.2) is 21.8 Å². The van der Waals surface area contributed by atoms with E-state index in [0.717, 1.165) is 0 Å². The molecule has 1 aromatic carbocycles. The van der Waals surface area contributed by atoms with Crippen LogP contribution in [0.15, 0.2) is 35.1 Å². The molecule has 100 valence electrons. The average molecular weight is 349 g/mol. The van der Waals surface area contributed by atoms with Crippen LogP contribution >= 0.6 is 15.9 Å². The maximum atomic E-state index is 11.9. The number of benzene rings is 1. The van der Waals surface area contributed by atoms with Gasteiger partial charge in [-0.3, -0.25) is 9.59 Å². The van der Waals surface area contributed by atoms with E-state index in [1.54, 1.807) is 30.3 Å². The van der Waals surface area contributed by atoms with Gasteiger partial charge < -0.3 is 16.0 Å². The van der Waals surface area contributed by atoms with Gasteiger partial charge in [0.25, 0.3) is 11.8 Å². The van der Waals surface area contributed by atoms with Gasteiger partial charge in [-0.15, -0.1) is 0 Å². The second-order valence-corrected chi connectivity index (χ2v) is 4.19. The predicted octanol–water partition coefficient (Wildman–Crippen LogP) is 1.52. The van der Waals surface area contributed by atoms with Crippen molar-refractivity contribution in [2.45, 2.75) is 0 Å². The monoisotopic (exact) mass is 348 g/mol. The number of primary amides is 1. The number of H-pyrrole nitrogens is 1. The SMILES string of the molecule is NC(=O)c1[nH]c(Br)nc1NC(=O)c1ccccc1.[Ar]. The number of nitrogens with zero attached hydrogens (tertiary/aromatic N) is 1. The van der Waals surface area contributed by atoms with Crippen LogP contribution in [0, 0.1) is 37.7 Å². The van der Waals surface area contributed by atoms with Gasteiger partial charge in [0, 0.05) is 43.3 Å². The summed E-state index contributed by atoms with van der Waals surface area (Å²) in [6.45, 7) is 0. The van der Waals surface area contributed by atoms with E-state index in [4.69, 9.17) is 5.73 Å². The topological polar surface area (TPSA) is 101 Å². The molecule has 0 atom stereocenters. The summed E-state index contributed by atoms with van der Waals surface area (Å²) in [7, 11) is 0. The van der Waals surface area contributed by atoms with Crippen molar-refractivity contribution >= 4 is 33.6 Å². The van der Waals surface area contributed by atoms with Crippen molar-refractivity contribution in [3.63, 3.8) is 0 Å². The first-order chi connectivity index (χ1) is 8.58. The van der Waals surface area contributed by atoms with Gasteiger partial charge in [-0.25, -0.2) is 4.98 Å². The first-order valence-electron chi connectivity index (χ1n) is 4.99. The molecule has 0 saturated heterocycles. The Morgan fingerprint density at radius 2 is 1.89 bits per heavy atom. The summed E-state index contributed by atoms with van der Waals surface area (Å²) in [5, 5.41) is 2.52. The molecule has 0 aliphatic carbocycles. The van der Waals surface area contributed by atoms with Crippen LogP contribution in [0.5, 0.6) is 0 Å². The van der Waals surface area contributed by atoms with E-state index in [0.29, 0.717) is 10.3 Å². The third-order valence-electron chi connectivity index (χ3n) is 2.19. The van der Waals surface area contributed by atoms with Crippen molar-refractivity contribution < 1.29 is 47.3 Å². The van der Waals surface area contributed by atoms with Crippen molar-refractivity contribution in [3.05, 3.63) is 46.3 Å². The molecule has 0 saturated carbocycles. The quantitative estimate of drug-likeness (QED) is 0.783. The molecule has 0 bridgehead atoms. The van der Waals surface area contributed by atoms with E-state index in [9.17, 15) is 9.59 Å². The Kier molecular flexibility index (Phi) is 5.99. The molecule has 2 rings (SSSR count). The zero-order chi connectivity index (χ0) is 13.1. The Bertz CT molecular complexity index is 600. The molecule has 1 aromatic heterocycles. The number of aromatic amines is 1. The number of hydrogen-bond donors (Lipinski definition) is 3. The maximum Gasteiger partial charge on any atom is 0.269 e. The number of hydrogen-bond acceptors (Lipinski definition) is 3. The van der Waals surface area contributed by atoms with Gasteiger partial charge in [-0.05, 0) is 28.1 Å². The number of aromatic nitrogens is 2. The molecule has 4 N–H and O–H groups in total. The van der Waals surface area contributed by atoms with Gasteiger partial charge in [0.2, 0.25) is 0 Å². The summed E-state index contributed by atoms with van der Waals surface area (Å²) in [6.07, 6.45) is 0. The predicted molar refractivity (Wildman–Crippen MR) is 69.2 cm³/mol. The first-order valence-corrected chi connectivity index (χ1v) is 5.79. The van der Waals surface area contributed by atoms with Crippen LogP contribution in [0.25, 0.3) is 0 Å². The normalized spacial score (nSPS) is 9.53. The Morgan fingerprint density at radius 3 is 2.47 bits per heavy atom. The molecule has 0 fully saturated rings. The number of rotatable bonds is 3. The Labute approximate surface area is 147 Å². The van der Waals surface area contributed by atoms with Gasteiger partial charge in [-0.2, -0.15) is 0 Å². The first kappa shape index (κ1) is 16.2. The van der Waals surface area contributed by atoms with Gasteiger partial charge in [0.1, 0.15) is 5.69 Å². The van der Waals surface area contributed by atoms with Crippen LogP contribution in [0.3, 0.4) is 0 Å². The number of nitrogens with two attached hydrogens (primary N) is 1. The summed E-state index contributed by atoms with van der Waals surface area (Å²) in [6, 6.07) is 8.59. The van der Waals surface area contributed by atoms with Gasteiger partial charge in [0.15, 0.2) is 10.6 Å². The standard InChI is InChI=1S/C11H9BrN4O2.Ar/c12-11-14-7(8(13)17)9(16-11)15-10(18)6-4-2-1-3-5-6;/h1-5H,(H2,13,17)(H,14,16)(H,15,18);. The fourth-order valence-corrected chi connectivity index (χ4v) is 1.76. The zero-order valence-electron chi connectivity index (χ0n) is 9.46. The van der Waals surface area contributed by atoms with Gasteiger partial charge >= 0.3 is 0 Å². The molecule has 2 amide bonds. The van der Waals surface area contributed by atoms with Crippen molar-refractivity contribution in [3.8, 4) is 0 Å². The average Bonchev–Trinajstić information content (AvgIpc) is 2.71. The van der Waals surface area contributed by atoms with Gasteiger partial charge in [0.05, 0.1) is 0 Å². The van der Waals surface area contributed by atoms with Crippen molar-refractivity contribution in [2.24, 2.45) is 5.73 Å². The Morgan fingerprint density at radius 1 is 1.26 bits per heavy atom. The van der Waals surface area contributed by atoms with E-state index < -0.39 is 5.91 Å². The second kappa shape index (κ2) is 7.04. The molecule has 8 heteroatoms. The van der Waals surface area contributed by atoms with Crippen LogP contribution in [0.4, 0.5) is 5.82 Å². The zero-order valence-corrected chi connectivity index (χ0v) is 11.8. The summed E-state index contributed by atoms with van der Waals surface area (Å²) in [4.78, 5) is 29.5. The van der Waals surface area contributed by atoms with Crippen LogP contribution in [-0.2, 0) is 0 Å². The molecule has 0 unspecified atom stereocenters. The minimum absolute atomic E-state index is 0. The van der Waals surface area contributed by atoms with E-state index in [2.05, 4.69) is 31.2 Å². The molecule has 19 heavy (non-hydrogen) atoms. The van der Waals surface area contributed by atoms with E-state index in [1.165, 1.54) is 0 Å². The summed E-state index contributed by atoms with van der Waals surface area (Å²) < 4.78 is 0.319. The molecular formula is C11H9ArBrN4O2. The van der Waals surface area contributed by atoms with Crippen LogP contribution in [0.1, 0.15) is 20.8 Å². The van der Waals surface area contributed by atoms with Crippen molar-refractivity contribution in [2.75, 3.05) is 5.32 Å². The minimum atomic E-state index is -0.698. The summed E-state index contributed by atoms with van der Waals surface area (Å²) in [5.41, 5.74) is 5.67. The molecule has 0 aliphatic rings. The second-order valence-electron chi connectivity index (χ2n) is 3.44. The Balaban J connectivity index is 0.00000180. The maximum absolute atomic E-state index is 11.9.